The van der Waals surface area contributed by atoms with Gasteiger partial charge in [0.25, 0.3) is 0 Å². The van der Waals surface area contributed by atoms with Crippen molar-refractivity contribution < 1.29 is 0 Å². The fourth-order valence-corrected chi connectivity index (χ4v) is 0.538. The Balaban J connectivity index is 2.79. The Labute approximate surface area is 42.5 Å². The minimum Gasteiger partial charge on any atom is -0.400 e. The highest BCUT2D eigenvalue weighted by Crippen LogP contribution is 2.07. The maximum Gasteiger partial charge on any atom is 0.0505 e. The van der Waals surface area contributed by atoms with E-state index in [0.717, 1.165) is 17.8 Å². The van der Waals surface area contributed by atoms with Crippen molar-refractivity contribution in [2.24, 2.45) is 11.5 Å². The molecule has 0 unspecified atom stereocenters. The minimum atomic E-state index is 0.722. The van der Waals surface area contributed by atoms with E-state index in [1.807, 2.05) is 12.2 Å². The molecule has 1 rings (SSSR count). The van der Waals surface area contributed by atoms with E-state index >= 15 is 0 Å². The van der Waals surface area contributed by atoms with E-state index in [0.29, 0.717) is 0 Å². The monoisotopic (exact) mass is 96.1 g/mol. The van der Waals surface area contributed by atoms with Gasteiger partial charge in [0, 0.05) is 12.1 Å². The summed E-state index contributed by atoms with van der Waals surface area (Å²) in [4.78, 5) is 0. The lowest BCUT2D eigenvalue weighted by molar-refractivity contribution is 1.16. The number of hydrogen-bond donors (Lipinski definition) is 2. The third kappa shape index (κ3) is 0.585. The Kier molecular flexibility index (Phi) is 0.785. The van der Waals surface area contributed by atoms with Gasteiger partial charge in [-0.2, -0.15) is 0 Å². The highest BCUT2D eigenvalue weighted by Gasteiger charge is 1.97. The molecule has 0 aliphatic heterocycles. The molecular weight excluding hydrogens is 88.1 g/mol. The average Bonchev–Trinajstić information content (AvgIpc) is 1.91. The first-order chi connectivity index (χ1) is 3.30. The third-order valence-electron chi connectivity index (χ3n) is 1.01. The lowest BCUT2D eigenvalue weighted by atomic mass is 10.4. The number of rotatable bonds is 0. The van der Waals surface area contributed by atoms with Crippen LogP contribution in [0, 0.1) is 0 Å². The quantitative estimate of drug-likeness (QED) is 0.448. The zero-order valence-electron chi connectivity index (χ0n) is 4.02. The smallest absolute Gasteiger partial charge is 0.0505 e. The first kappa shape index (κ1) is 4.24. The number of hydrogen-bond acceptors (Lipinski definition) is 2. The van der Waals surface area contributed by atoms with E-state index in [2.05, 4.69) is 0 Å². The van der Waals surface area contributed by atoms with Gasteiger partial charge in [-0.25, -0.2) is 0 Å². The summed E-state index contributed by atoms with van der Waals surface area (Å²) < 4.78 is 0. The summed E-state index contributed by atoms with van der Waals surface area (Å²) in [7, 11) is 0. The second-order valence-corrected chi connectivity index (χ2v) is 1.59. The molecule has 1 aliphatic carbocycles. The third-order valence-corrected chi connectivity index (χ3v) is 1.01. The van der Waals surface area contributed by atoms with Crippen LogP contribution in [0.5, 0.6) is 0 Å². The molecule has 4 N–H and O–H groups in total. The van der Waals surface area contributed by atoms with Crippen LogP contribution in [0.25, 0.3) is 0 Å². The molecule has 0 heterocycles. The Hall–Kier alpha value is -0.920. The first-order valence-corrected chi connectivity index (χ1v) is 2.21. The molecule has 2 heteroatoms. The van der Waals surface area contributed by atoms with Crippen LogP contribution in [0.1, 0.15) is 6.42 Å². The molecule has 0 aromatic rings. The van der Waals surface area contributed by atoms with Crippen molar-refractivity contribution in [2.45, 2.75) is 6.42 Å². The summed E-state index contributed by atoms with van der Waals surface area (Å²) in [6.07, 6.45) is 4.60. The molecule has 0 amide bonds. The van der Waals surface area contributed by atoms with Crippen molar-refractivity contribution in [3.8, 4) is 0 Å². The van der Waals surface area contributed by atoms with Gasteiger partial charge in [-0.3, -0.25) is 0 Å². The Morgan fingerprint density at radius 3 is 2.29 bits per heavy atom. The van der Waals surface area contributed by atoms with E-state index < -0.39 is 0 Å². The van der Waals surface area contributed by atoms with Gasteiger partial charge in [0.1, 0.15) is 0 Å². The second kappa shape index (κ2) is 1.30. The number of allylic oxidation sites excluding steroid dienone is 2. The molecule has 0 aromatic carbocycles. The normalized spacial score (nSPS) is 18.9. The lowest BCUT2D eigenvalue weighted by Crippen LogP contribution is -2.02. The van der Waals surface area contributed by atoms with Crippen LogP contribution in [0.4, 0.5) is 0 Å². The van der Waals surface area contributed by atoms with Gasteiger partial charge in [-0.15, -0.1) is 0 Å². The first-order valence-electron chi connectivity index (χ1n) is 2.21. The number of nitrogens with two attached hydrogens (primary N) is 2. The van der Waals surface area contributed by atoms with Crippen molar-refractivity contribution in [3.05, 3.63) is 23.5 Å². The predicted molar refractivity (Wildman–Crippen MR) is 29.2 cm³/mol. The average molecular weight is 96.1 g/mol. The van der Waals surface area contributed by atoms with Gasteiger partial charge in [0.05, 0.1) is 5.70 Å². The van der Waals surface area contributed by atoms with Crippen LogP contribution in [0.3, 0.4) is 0 Å². The molecular formula is C5H8N2. The zero-order valence-corrected chi connectivity index (χ0v) is 4.02. The van der Waals surface area contributed by atoms with E-state index in [4.69, 9.17) is 11.5 Å². The van der Waals surface area contributed by atoms with Gasteiger partial charge in [-0.05, 0) is 6.08 Å². The molecule has 7 heavy (non-hydrogen) atoms. The van der Waals surface area contributed by atoms with E-state index in [9.17, 15) is 0 Å². The fraction of sp³-hybridized carbons (Fsp3) is 0.200. The summed E-state index contributed by atoms with van der Waals surface area (Å²) in [5.74, 6) is 0. The van der Waals surface area contributed by atoms with Crippen LogP contribution in [-0.2, 0) is 0 Å². The van der Waals surface area contributed by atoms with Crippen molar-refractivity contribution in [2.75, 3.05) is 0 Å². The summed E-state index contributed by atoms with van der Waals surface area (Å²) >= 11 is 0. The highest BCUT2D eigenvalue weighted by molar-refractivity contribution is 5.28. The molecule has 0 aromatic heterocycles. The van der Waals surface area contributed by atoms with E-state index in [-0.39, 0.29) is 0 Å². The Morgan fingerprint density at radius 1 is 1.43 bits per heavy atom. The van der Waals surface area contributed by atoms with Gasteiger partial charge < -0.3 is 11.5 Å². The SMILES string of the molecule is NC1=C(N)CC=C1. The van der Waals surface area contributed by atoms with E-state index in [1.54, 1.807) is 0 Å². The Bertz CT molecular complexity index is 133. The topological polar surface area (TPSA) is 52.0 Å². The van der Waals surface area contributed by atoms with Crippen molar-refractivity contribution in [3.63, 3.8) is 0 Å². The second-order valence-electron chi connectivity index (χ2n) is 1.59. The zero-order chi connectivity index (χ0) is 5.28. The molecule has 0 atom stereocenters. The maximum atomic E-state index is 5.37. The molecule has 1 aliphatic rings. The molecule has 0 fully saturated rings. The molecule has 0 bridgehead atoms. The summed E-state index contributed by atoms with van der Waals surface area (Å²) in [5, 5.41) is 0. The van der Waals surface area contributed by atoms with Gasteiger partial charge in [0.15, 0.2) is 0 Å². The molecule has 38 valence electrons. The van der Waals surface area contributed by atoms with Gasteiger partial charge in [0.2, 0.25) is 0 Å². The molecule has 0 saturated carbocycles. The van der Waals surface area contributed by atoms with Crippen LogP contribution in [0.15, 0.2) is 23.5 Å². The van der Waals surface area contributed by atoms with Crippen molar-refractivity contribution >= 4 is 0 Å². The van der Waals surface area contributed by atoms with Crippen molar-refractivity contribution in [1.82, 2.24) is 0 Å². The standard InChI is InChI=1S/C5H8N2/c6-4-2-1-3-5(4)7/h1-2H,3,6-7H2. The summed E-state index contributed by atoms with van der Waals surface area (Å²) in [5.41, 5.74) is 12.2. The van der Waals surface area contributed by atoms with Crippen LogP contribution in [0.2, 0.25) is 0 Å². The lowest BCUT2D eigenvalue weighted by Gasteiger charge is -1.89. The van der Waals surface area contributed by atoms with E-state index in [1.165, 1.54) is 0 Å². The fourth-order valence-electron chi connectivity index (χ4n) is 0.538. The summed E-state index contributed by atoms with van der Waals surface area (Å²) in [6.45, 7) is 0. The minimum absolute atomic E-state index is 0.722. The van der Waals surface area contributed by atoms with Crippen LogP contribution < -0.4 is 11.5 Å². The molecule has 2 nitrogen and oxygen atoms in total. The molecule has 0 radical (unpaired) electrons. The predicted octanol–water partition coefficient (Wildman–Crippen LogP) is 0.0753. The van der Waals surface area contributed by atoms with Gasteiger partial charge in [-0.1, -0.05) is 6.08 Å². The molecule has 0 saturated heterocycles. The van der Waals surface area contributed by atoms with Crippen molar-refractivity contribution in [1.29, 1.82) is 0 Å². The van der Waals surface area contributed by atoms with Crippen LogP contribution >= 0.6 is 0 Å². The highest BCUT2D eigenvalue weighted by atomic mass is 14.7. The maximum absolute atomic E-state index is 5.37. The largest absolute Gasteiger partial charge is 0.400 e. The summed E-state index contributed by atoms with van der Waals surface area (Å²) in [6, 6.07) is 0. The van der Waals surface area contributed by atoms with Gasteiger partial charge >= 0.3 is 0 Å². The molecule has 0 spiro atoms. The van der Waals surface area contributed by atoms with Crippen LogP contribution in [-0.4, -0.2) is 0 Å². The Morgan fingerprint density at radius 2 is 2.14 bits per heavy atom.